The van der Waals surface area contributed by atoms with Crippen LogP contribution in [0.5, 0.6) is 0 Å². The summed E-state index contributed by atoms with van der Waals surface area (Å²) in [6.07, 6.45) is 7.02. The third-order valence-corrected chi connectivity index (χ3v) is 3.51. The van der Waals surface area contributed by atoms with Crippen LogP contribution in [-0.4, -0.2) is 37.3 Å². The van der Waals surface area contributed by atoms with E-state index in [1.807, 2.05) is 6.07 Å². The molecular formula is C12H18N8. The second kappa shape index (κ2) is 5.41. The number of nitrogens with one attached hydrogen (secondary N) is 1. The highest BCUT2D eigenvalue weighted by molar-refractivity contribution is 5.40. The number of hydrogen-bond donors (Lipinski definition) is 2. The normalized spacial score (nSPS) is 19.1. The molecule has 3 heterocycles. The van der Waals surface area contributed by atoms with Crippen LogP contribution < -0.4 is 16.2 Å². The van der Waals surface area contributed by atoms with E-state index in [0.717, 1.165) is 19.4 Å². The Morgan fingerprint density at radius 2 is 2.10 bits per heavy atom. The van der Waals surface area contributed by atoms with Gasteiger partial charge in [0.05, 0.1) is 0 Å². The van der Waals surface area contributed by atoms with Crippen LogP contribution in [0, 0.1) is 0 Å². The first-order valence-electron chi connectivity index (χ1n) is 6.77. The molecule has 0 saturated carbocycles. The Balaban J connectivity index is 1.99. The molecule has 3 rings (SSSR count). The average Bonchev–Trinajstić information content (AvgIpc) is 3.01. The Bertz CT molecular complexity index is 567. The van der Waals surface area contributed by atoms with Crippen LogP contribution in [0.4, 0.5) is 11.9 Å². The van der Waals surface area contributed by atoms with Gasteiger partial charge in [-0.2, -0.15) is 20.1 Å². The number of hydrogen-bond acceptors (Lipinski definition) is 7. The van der Waals surface area contributed by atoms with E-state index < -0.39 is 0 Å². The molecule has 1 fully saturated rings. The summed E-state index contributed by atoms with van der Waals surface area (Å²) in [6, 6.07) is 2.24. The fourth-order valence-electron chi connectivity index (χ4n) is 2.43. The standard InChI is InChI=1S/C12H18N8/c1-9-5-2-3-7-19(9)11-15-10(18-13)16-12(17-11)20-8-4-6-14-20/h4,6,8-9H,2-3,5,7,13H2,1H3,(H,15,16,17,18). The van der Waals surface area contributed by atoms with Gasteiger partial charge in [-0.05, 0) is 32.3 Å². The molecule has 1 aliphatic heterocycles. The van der Waals surface area contributed by atoms with E-state index in [1.54, 1.807) is 17.1 Å². The maximum atomic E-state index is 5.45. The lowest BCUT2D eigenvalue weighted by Crippen LogP contribution is -2.39. The quantitative estimate of drug-likeness (QED) is 0.628. The molecule has 1 aliphatic rings. The summed E-state index contributed by atoms with van der Waals surface area (Å²) in [5.41, 5.74) is 2.49. The van der Waals surface area contributed by atoms with E-state index in [2.05, 4.69) is 37.3 Å². The van der Waals surface area contributed by atoms with Crippen molar-refractivity contribution in [3.05, 3.63) is 18.5 Å². The summed E-state index contributed by atoms with van der Waals surface area (Å²) in [4.78, 5) is 15.3. The molecule has 106 valence electrons. The van der Waals surface area contributed by atoms with Gasteiger partial charge in [0.1, 0.15) is 0 Å². The van der Waals surface area contributed by atoms with Crippen molar-refractivity contribution in [1.29, 1.82) is 0 Å². The van der Waals surface area contributed by atoms with Gasteiger partial charge in [-0.1, -0.05) is 0 Å². The van der Waals surface area contributed by atoms with Crippen LogP contribution in [0.3, 0.4) is 0 Å². The van der Waals surface area contributed by atoms with Gasteiger partial charge in [-0.3, -0.25) is 5.43 Å². The van der Waals surface area contributed by atoms with E-state index in [4.69, 9.17) is 5.84 Å². The van der Waals surface area contributed by atoms with Gasteiger partial charge in [0.25, 0.3) is 5.95 Å². The van der Waals surface area contributed by atoms with Crippen molar-refractivity contribution < 1.29 is 0 Å². The molecule has 0 amide bonds. The van der Waals surface area contributed by atoms with E-state index in [-0.39, 0.29) is 0 Å². The molecule has 2 aromatic rings. The van der Waals surface area contributed by atoms with Gasteiger partial charge in [-0.15, -0.1) is 0 Å². The number of nitrogens with zero attached hydrogens (tertiary/aromatic N) is 6. The minimum Gasteiger partial charge on any atom is -0.338 e. The highest BCUT2D eigenvalue weighted by atomic mass is 15.4. The molecule has 1 unspecified atom stereocenters. The van der Waals surface area contributed by atoms with Crippen molar-refractivity contribution in [3.63, 3.8) is 0 Å². The first-order valence-corrected chi connectivity index (χ1v) is 6.77. The first kappa shape index (κ1) is 12.8. The molecule has 20 heavy (non-hydrogen) atoms. The predicted octanol–water partition coefficient (Wildman–Crippen LogP) is 0.722. The number of rotatable bonds is 3. The van der Waals surface area contributed by atoms with Crippen molar-refractivity contribution in [2.75, 3.05) is 16.9 Å². The third kappa shape index (κ3) is 2.42. The number of piperidine rings is 1. The number of aromatic nitrogens is 5. The largest absolute Gasteiger partial charge is 0.338 e. The van der Waals surface area contributed by atoms with Crippen LogP contribution in [-0.2, 0) is 0 Å². The van der Waals surface area contributed by atoms with Crippen molar-refractivity contribution >= 4 is 11.9 Å². The number of hydrazine groups is 1. The molecule has 1 atom stereocenters. The summed E-state index contributed by atoms with van der Waals surface area (Å²) in [5.74, 6) is 6.91. The smallest absolute Gasteiger partial charge is 0.257 e. The first-order chi connectivity index (χ1) is 9.78. The maximum Gasteiger partial charge on any atom is 0.257 e. The molecule has 1 saturated heterocycles. The zero-order valence-corrected chi connectivity index (χ0v) is 11.4. The summed E-state index contributed by atoms with van der Waals surface area (Å²) in [6.45, 7) is 3.14. The Labute approximate surface area is 117 Å². The molecule has 8 nitrogen and oxygen atoms in total. The molecule has 2 aromatic heterocycles. The van der Waals surface area contributed by atoms with Crippen LogP contribution in [0.2, 0.25) is 0 Å². The lowest BCUT2D eigenvalue weighted by molar-refractivity contribution is 0.476. The second-order valence-electron chi connectivity index (χ2n) is 4.89. The molecule has 0 bridgehead atoms. The third-order valence-electron chi connectivity index (χ3n) is 3.51. The van der Waals surface area contributed by atoms with Crippen molar-refractivity contribution in [2.24, 2.45) is 5.84 Å². The Morgan fingerprint density at radius 3 is 2.80 bits per heavy atom. The van der Waals surface area contributed by atoms with E-state index in [0.29, 0.717) is 23.9 Å². The Hall–Kier alpha value is -2.22. The molecule has 0 aliphatic carbocycles. The van der Waals surface area contributed by atoms with Crippen LogP contribution in [0.15, 0.2) is 18.5 Å². The number of nitrogen functional groups attached to an aromatic ring is 1. The molecule has 8 heteroatoms. The van der Waals surface area contributed by atoms with Crippen molar-refractivity contribution in [3.8, 4) is 5.95 Å². The molecular weight excluding hydrogens is 256 g/mol. The zero-order chi connectivity index (χ0) is 13.9. The van der Waals surface area contributed by atoms with Gasteiger partial charge in [0.15, 0.2) is 0 Å². The summed E-state index contributed by atoms with van der Waals surface area (Å²) in [7, 11) is 0. The highest BCUT2D eigenvalue weighted by Crippen LogP contribution is 2.22. The van der Waals surface area contributed by atoms with Crippen molar-refractivity contribution in [1.82, 2.24) is 24.7 Å². The molecule has 0 aromatic carbocycles. The van der Waals surface area contributed by atoms with Gasteiger partial charge in [0.2, 0.25) is 11.9 Å². The summed E-state index contributed by atoms with van der Waals surface area (Å²) < 4.78 is 1.60. The van der Waals surface area contributed by atoms with Crippen LogP contribution in [0.25, 0.3) is 5.95 Å². The van der Waals surface area contributed by atoms with Crippen molar-refractivity contribution in [2.45, 2.75) is 32.2 Å². The number of anilines is 2. The second-order valence-corrected chi connectivity index (χ2v) is 4.89. The maximum absolute atomic E-state index is 5.45. The monoisotopic (exact) mass is 274 g/mol. The zero-order valence-electron chi connectivity index (χ0n) is 11.4. The van der Waals surface area contributed by atoms with Gasteiger partial charge < -0.3 is 4.90 Å². The van der Waals surface area contributed by atoms with Gasteiger partial charge >= 0.3 is 0 Å². The van der Waals surface area contributed by atoms with E-state index in [1.165, 1.54) is 6.42 Å². The average molecular weight is 274 g/mol. The fraction of sp³-hybridized carbons (Fsp3) is 0.500. The molecule has 0 spiro atoms. The minimum absolute atomic E-state index is 0.346. The van der Waals surface area contributed by atoms with Gasteiger partial charge in [-0.25, -0.2) is 10.5 Å². The van der Waals surface area contributed by atoms with E-state index in [9.17, 15) is 0 Å². The fourth-order valence-corrected chi connectivity index (χ4v) is 2.43. The molecule has 0 radical (unpaired) electrons. The number of nitrogens with two attached hydrogens (primary N) is 1. The Kier molecular flexibility index (Phi) is 3.46. The van der Waals surface area contributed by atoms with Gasteiger partial charge in [0, 0.05) is 25.0 Å². The topological polar surface area (TPSA) is 97.8 Å². The SMILES string of the molecule is CC1CCCCN1c1nc(NN)nc(-n2cccn2)n1. The van der Waals surface area contributed by atoms with E-state index >= 15 is 0 Å². The summed E-state index contributed by atoms with van der Waals surface area (Å²) >= 11 is 0. The molecule has 3 N–H and O–H groups in total. The van der Waals surface area contributed by atoms with Crippen LogP contribution >= 0.6 is 0 Å². The lowest BCUT2D eigenvalue weighted by atomic mass is 10.0. The van der Waals surface area contributed by atoms with Crippen LogP contribution in [0.1, 0.15) is 26.2 Å². The summed E-state index contributed by atoms with van der Waals surface area (Å²) in [5, 5.41) is 4.14. The minimum atomic E-state index is 0.346. The predicted molar refractivity (Wildman–Crippen MR) is 75.4 cm³/mol. The highest BCUT2D eigenvalue weighted by Gasteiger charge is 2.22. The lowest BCUT2D eigenvalue weighted by Gasteiger charge is -2.33. The Morgan fingerprint density at radius 1 is 1.25 bits per heavy atom.